The first-order valence-corrected chi connectivity index (χ1v) is 13.7. The van der Waals surface area contributed by atoms with Crippen LogP contribution in [0.15, 0.2) is 54.9 Å². The lowest BCUT2D eigenvalue weighted by Gasteiger charge is -2.17. The molecule has 4 rings (SSSR count). The number of hydrogen-bond acceptors (Lipinski definition) is 8. The lowest BCUT2D eigenvalue weighted by atomic mass is 10.1. The molecule has 2 heterocycles. The number of nitrogens with one attached hydrogen (secondary N) is 2. The molecule has 0 saturated heterocycles. The highest BCUT2D eigenvalue weighted by atomic mass is 35.5. The highest BCUT2D eigenvalue weighted by Gasteiger charge is 2.16. The van der Waals surface area contributed by atoms with Crippen LogP contribution in [0.3, 0.4) is 0 Å². The van der Waals surface area contributed by atoms with Gasteiger partial charge >= 0.3 is 0 Å². The van der Waals surface area contributed by atoms with Crippen molar-refractivity contribution in [2.24, 2.45) is 0 Å². The van der Waals surface area contributed by atoms with Gasteiger partial charge in [0.2, 0.25) is 5.91 Å². The fourth-order valence-electron chi connectivity index (χ4n) is 4.25. The number of rotatable bonds is 12. The normalized spacial score (nSPS) is 10.9. The van der Waals surface area contributed by atoms with Crippen molar-refractivity contribution in [3.8, 4) is 17.6 Å². The molecular weight excluding hydrogens is 540 g/mol. The first-order valence-electron chi connectivity index (χ1n) is 13.3. The molecule has 10 heteroatoms. The van der Waals surface area contributed by atoms with Crippen LogP contribution < -0.4 is 20.1 Å². The Labute approximate surface area is 245 Å². The number of aromatic nitrogens is 2. The summed E-state index contributed by atoms with van der Waals surface area (Å²) in [7, 11) is 3.94. The molecule has 0 fully saturated rings. The lowest BCUT2D eigenvalue weighted by Crippen LogP contribution is -2.17. The quantitative estimate of drug-likeness (QED) is 0.199. The molecule has 9 nitrogen and oxygen atoms in total. The van der Waals surface area contributed by atoms with Crippen LogP contribution in [-0.4, -0.2) is 48.0 Å². The molecule has 0 aliphatic rings. The number of fused-ring (bicyclic) bond motifs is 1. The molecule has 0 spiro atoms. The van der Waals surface area contributed by atoms with E-state index in [-0.39, 0.29) is 12.5 Å². The summed E-state index contributed by atoms with van der Waals surface area (Å²) in [6, 6.07) is 15.0. The van der Waals surface area contributed by atoms with Crippen molar-refractivity contribution < 1.29 is 14.3 Å². The third-order valence-electron chi connectivity index (χ3n) is 6.22. The largest absolute Gasteiger partial charge is 0.492 e. The lowest BCUT2D eigenvalue weighted by molar-refractivity contribution is -0.116. The Hall–Kier alpha value is -4.39. The second-order valence-electron chi connectivity index (χ2n) is 9.80. The Bertz CT molecular complexity index is 1580. The summed E-state index contributed by atoms with van der Waals surface area (Å²) in [6.45, 7) is 5.39. The highest BCUT2D eigenvalue weighted by molar-refractivity contribution is 6.32. The Kier molecular flexibility index (Phi) is 9.95. The zero-order chi connectivity index (χ0) is 29.4. The van der Waals surface area contributed by atoms with Crippen LogP contribution in [-0.2, 0) is 11.4 Å². The number of aryl methyl sites for hydroxylation is 1. The molecule has 2 aromatic heterocycles. The first kappa shape index (κ1) is 29.6. The number of hydrogen-bond donors (Lipinski definition) is 2. The van der Waals surface area contributed by atoms with Gasteiger partial charge in [0.1, 0.15) is 24.2 Å². The molecule has 0 unspecified atom stereocenters. The molecule has 0 aliphatic carbocycles. The first-order chi connectivity index (χ1) is 19.8. The molecule has 0 atom stereocenters. The van der Waals surface area contributed by atoms with Gasteiger partial charge in [0.05, 0.1) is 39.8 Å². The van der Waals surface area contributed by atoms with Gasteiger partial charge in [0, 0.05) is 36.0 Å². The second kappa shape index (κ2) is 13.8. The van der Waals surface area contributed by atoms with E-state index in [0.717, 1.165) is 24.2 Å². The predicted octanol–water partition coefficient (Wildman–Crippen LogP) is 6.46. The van der Waals surface area contributed by atoms with Crippen LogP contribution in [0.2, 0.25) is 5.02 Å². The third-order valence-corrected chi connectivity index (χ3v) is 6.52. The molecule has 1 amide bonds. The van der Waals surface area contributed by atoms with Crippen molar-refractivity contribution in [2.75, 3.05) is 37.9 Å². The molecule has 4 aromatic rings. The standard InChI is InChI=1S/C31H33ClN6O3/c1-5-40-29-16-26-24(15-27(29)37-30(39)7-6-12-38(3)4)31(21(17-33)18-35-26)36-22-8-9-28(25(32)14-22)41-19-23-13-20(2)10-11-34-23/h8-11,13-16,18H,5-7,12,19H2,1-4H3,(H,35,36)(H,37,39). The summed E-state index contributed by atoms with van der Waals surface area (Å²) in [4.78, 5) is 23.5. The number of ether oxygens (including phenoxy) is 2. The van der Waals surface area contributed by atoms with Gasteiger partial charge in [-0.3, -0.25) is 14.8 Å². The smallest absolute Gasteiger partial charge is 0.224 e. The fourth-order valence-corrected chi connectivity index (χ4v) is 4.48. The number of nitriles is 1. The second-order valence-corrected chi connectivity index (χ2v) is 10.2. The Morgan fingerprint density at radius 1 is 1.10 bits per heavy atom. The summed E-state index contributed by atoms with van der Waals surface area (Å²) in [5.41, 5.74) is 4.56. The molecule has 2 N–H and O–H groups in total. The van der Waals surface area contributed by atoms with Gasteiger partial charge in [-0.15, -0.1) is 0 Å². The van der Waals surface area contributed by atoms with Gasteiger partial charge in [-0.05, 0) is 82.9 Å². The van der Waals surface area contributed by atoms with E-state index in [9.17, 15) is 10.1 Å². The van der Waals surface area contributed by atoms with Crippen molar-refractivity contribution >= 4 is 45.5 Å². The highest BCUT2D eigenvalue weighted by Crippen LogP contribution is 2.37. The van der Waals surface area contributed by atoms with E-state index in [1.54, 1.807) is 30.5 Å². The van der Waals surface area contributed by atoms with E-state index in [2.05, 4.69) is 26.7 Å². The van der Waals surface area contributed by atoms with Crippen LogP contribution in [0.1, 0.15) is 36.6 Å². The van der Waals surface area contributed by atoms with E-state index in [0.29, 0.717) is 63.1 Å². The Balaban J connectivity index is 1.61. The number of carbonyl (C=O) groups is 1. The van der Waals surface area contributed by atoms with Crippen molar-refractivity contribution in [1.29, 1.82) is 5.26 Å². The number of pyridine rings is 2. The Morgan fingerprint density at radius 3 is 2.63 bits per heavy atom. The summed E-state index contributed by atoms with van der Waals surface area (Å²) < 4.78 is 11.7. The van der Waals surface area contributed by atoms with Gasteiger partial charge in [0.25, 0.3) is 0 Å². The molecular formula is C31H33ClN6O3. The van der Waals surface area contributed by atoms with Crippen molar-refractivity contribution in [1.82, 2.24) is 14.9 Å². The van der Waals surface area contributed by atoms with Crippen molar-refractivity contribution in [2.45, 2.75) is 33.3 Å². The maximum absolute atomic E-state index is 12.7. The van der Waals surface area contributed by atoms with Crippen LogP contribution >= 0.6 is 11.6 Å². The number of carbonyl (C=O) groups excluding carboxylic acids is 1. The summed E-state index contributed by atoms with van der Waals surface area (Å²) in [5.74, 6) is 0.910. The number of halogens is 1. The van der Waals surface area contributed by atoms with Gasteiger partial charge in [-0.2, -0.15) is 5.26 Å². The van der Waals surface area contributed by atoms with Crippen LogP contribution in [0.4, 0.5) is 17.1 Å². The Morgan fingerprint density at radius 2 is 1.93 bits per heavy atom. The molecule has 0 bridgehead atoms. The van der Waals surface area contributed by atoms with Gasteiger partial charge in [0.15, 0.2) is 0 Å². The maximum atomic E-state index is 12.7. The van der Waals surface area contributed by atoms with E-state index < -0.39 is 0 Å². The zero-order valence-corrected chi connectivity index (χ0v) is 24.4. The SMILES string of the molecule is CCOc1cc2ncc(C#N)c(Nc3ccc(OCc4cc(C)ccn4)c(Cl)c3)c2cc1NC(=O)CCCN(C)C. The van der Waals surface area contributed by atoms with Crippen molar-refractivity contribution in [3.63, 3.8) is 0 Å². The maximum Gasteiger partial charge on any atom is 0.224 e. The summed E-state index contributed by atoms with van der Waals surface area (Å²) >= 11 is 6.55. The number of anilines is 3. The summed E-state index contributed by atoms with van der Waals surface area (Å²) in [6.07, 6.45) is 4.35. The topological polar surface area (TPSA) is 112 Å². The predicted molar refractivity (Wildman–Crippen MR) is 162 cm³/mol. The molecule has 212 valence electrons. The fraction of sp³-hybridized carbons (Fsp3) is 0.290. The van der Waals surface area contributed by atoms with Crippen LogP contribution in [0.5, 0.6) is 11.5 Å². The van der Waals surface area contributed by atoms with E-state index in [1.807, 2.05) is 51.0 Å². The van der Waals surface area contributed by atoms with Crippen LogP contribution in [0, 0.1) is 18.3 Å². The van der Waals surface area contributed by atoms with Gasteiger partial charge in [-0.25, -0.2) is 0 Å². The average molecular weight is 573 g/mol. The molecule has 0 radical (unpaired) electrons. The van der Waals surface area contributed by atoms with Crippen molar-refractivity contribution in [3.05, 3.63) is 76.7 Å². The molecule has 0 saturated carbocycles. The summed E-state index contributed by atoms with van der Waals surface area (Å²) in [5, 5.41) is 17.2. The minimum atomic E-state index is -0.116. The minimum Gasteiger partial charge on any atom is -0.492 e. The average Bonchev–Trinajstić information content (AvgIpc) is 2.93. The third kappa shape index (κ3) is 7.84. The van der Waals surface area contributed by atoms with E-state index >= 15 is 0 Å². The van der Waals surface area contributed by atoms with E-state index in [4.69, 9.17) is 21.1 Å². The van der Waals surface area contributed by atoms with Crippen LogP contribution in [0.25, 0.3) is 10.9 Å². The molecule has 41 heavy (non-hydrogen) atoms. The number of amides is 1. The van der Waals surface area contributed by atoms with Gasteiger partial charge < -0.3 is 25.0 Å². The minimum absolute atomic E-state index is 0.116. The zero-order valence-electron chi connectivity index (χ0n) is 23.6. The van der Waals surface area contributed by atoms with E-state index in [1.165, 1.54) is 6.20 Å². The van der Waals surface area contributed by atoms with Gasteiger partial charge in [-0.1, -0.05) is 11.6 Å². The molecule has 0 aliphatic heterocycles. The number of nitrogens with zero attached hydrogens (tertiary/aromatic N) is 4. The molecule has 2 aromatic carbocycles. The monoisotopic (exact) mass is 572 g/mol. The number of benzene rings is 2.